The summed E-state index contributed by atoms with van der Waals surface area (Å²) in [6.07, 6.45) is 4.48. The molecule has 1 saturated carbocycles. The van der Waals surface area contributed by atoms with E-state index in [2.05, 4.69) is 20.4 Å². The molecule has 4 N–H and O–H groups in total. The molecule has 1 amide bonds. The molecule has 0 unspecified atom stereocenters. The highest BCUT2D eigenvalue weighted by Crippen LogP contribution is 2.31. The number of ether oxygens (including phenoxy) is 1. The van der Waals surface area contributed by atoms with Gasteiger partial charge in [0, 0.05) is 23.8 Å². The number of nitrogens with zero attached hydrogens (tertiary/aromatic N) is 3. The summed E-state index contributed by atoms with van der Waals surface area (Å²) in [6, 6.07) is 5.04. The molecule has 170 valence electrons. The van der Waals surface area contributed by atoms with Gasteiger partial charge in [0.15, 0.2) is 0 Å². The number of amides is 1. The van der Waals surface area contributed by atoms with Crippen LogP contribution in [-0.4, -0.2) is 48.2 Å². The number of hydrogen-bond acceptors (Lipinski definition) is 7. The Hall–Kier alpha value is -2.50. The molecule has 31 heavy (non-hydrogen) atoms. The lowest BCUT2D eigenvalue weighted by Crippen LogP contribution is -2.28. The molecule has 1 heterocycles. The summed E-state index contributed by atoms with van der Waals surface area (Å²) < 4.78 is 35.1. The summed E-state index contributed by atoms with van der Waals surface area (Å²) in [5, 5.41) is 11.0. The van der Waals surface area contributed by atoms with Gasteiger partial charge in [-0.15, -0.1) is 5.10 Å². The monoisotopic (exact) mass is 450 g/mol. The summed E-state index contributed by atoms with van der Waals surface area (Å²) >= 11 is 0. The van der Waals surface area contributed by atoms with Crippen molar-refractivity contribution in [3.05, 3.63) is 24.4 Å². The SMILES string of the molecule is CCNS(=O)(=O)c1cc(NC(=O)OC(C)C)ccc1-c1cn(C2CCC(N)CC2)nn1. The summed E-state index contributed by atoms with van der Waals surface area (Å²) in [7, 11) is -3.83. The second-order valence-corrected chi connectivity index (χ2v) is 9.68. The Morgan fingerprint density at radius 2 is 2.00 bits per heavy atom. The molecular formula is C20H30N6O4S. The Morgan fingerprint density at radius 1 is 1.29 bits per heavy atom. The maximum atomic E-state index is 12.9. The second-order valence-electron chi connectivity index (χ2n) is 7.94. The minimum atomic E-state index is -3.83. The number of hydrogen-bond donors (Lipinski definition) is 3. The van der Waals surface area contributed by atoms with Crippen molar-refractivity contribution in [3.63, 3.8) is 0 Å². The average molecular weight is 451 g/mol. The molecule has 1 aromatic carbocycles. The zero-order chi connectivity index (χ0) is 22.6. The van der Waals surface area contributed by atoms with Gasteiger partial charge in [0.2, 0.25) is 10.0 Å². The molecule has 0 aliphatic heterocycles. The number of carbonyl (C=O) groups is 1. The van der Waals surface area contributed by atoms with Crippen molar-refractivity contribution in [1.29, 1.82) is 0 Å². The summed E-state index contributed by atoms with van der Waals surface area (Å²) in [5.74, 6) is 0. The van der Waals surface area contributed by atoms with Crippen molar-refractivity contribution in [2.75, 3.05) is 11.9 Å². The van der Waals surface area contributed by atoms with Crippen LogP contribution in [0.15, 0.2) is 29.3 Å². The molecule has 10 nitrogen and oxygen atoms in total. The first kappa shape index (κ1) is 23.2. The number of benzene rings is 1. The molecule has 1 fully saturated rings. The normalized spacial score (nSPS) is 19.4. The molecule has 1 aliphatic carbocycles. The van der Waals surface area contributed by atoms with Gasteiger partial charge in [-0.25, -0.2) is 22.6 Å². The number of carbonyl (C=O) groups excluding carboxylic acids is 1. The fraction of sp³-hybridized carbons (Fsp3) is 0.550. The largest absolute Gasteiger partial charge is 0.447 e. The van der Waals surface area contributed by atoms with Gasteiger partial charge in [-0.2, -0.15) is 0 Å². The highest BCUT2D eigenvalue weighted by atomic mass is 32.2. The van der Waals surface area contributed by atoms with Crippen LogP contribution in [0.25, 0.3) is 11.3 Å². The van der Waals surface area contributed by atoms with Gasteiger partial charge in [0.25, 0.3) is 0 Å². The number of nitrogens with one attached hydrogen (secondary N) is 2. The first-order chi connectivity index (χ1) is 14.7. The zero-order valence-corrected chi connectivity index (χ0v) is 18.9. The first-order valence-electron chi connectivity index (χ1n) is 10.5. The van der Waals surface area contributed by atoms with Crippen molar-refractivity contribution in [1.82, 2.24) is 19.7 Å². The van der Waals surface area contributed by atoms with Crippen molar-refractivity contribution >= 4 is 21.8 Å². The fourth-order valence-corrected chi connectivity index (χ4v) is 4.89. The lowest BCUT2D eigenvalue weighted by Gasteiger charge is -2.25. The van der Waals surface area contributed by atoms with Gasteiger partial charge in [-0.1, -0.05) is 12.1 Å². The standard InChI is InChI=1S/C20H30N6O4S/c1-4-22-31(28,29)19-11-15(23-20(27)30-13(2)3)7-10-17(19)18-12-26(25-24-18)16-8-5-14(21)6-9-16/h7,10-14,16,22H,4-6,8-9,21H2,1-3H3,(H,23,27). The summed E-state index contributed by atoms with van der Waals surface area (Å²) in [5.41, 5.74) is 7.14. The van der Waals surface area contributed by atoms with E-state index in [0.29, 0.717) is 16.9 Å². The van der Waals surface area contributed by atoms with Crippen molar-refractivity contribution in [2.45, 2.75) is 69.5 Å². The smallest absolute Gasteiger partial charge is 0.411 e. The highest BCUT2D eigenvalue weighted by molar-refractivity contribution is 7.89. The summed E-state index contributed by atoms with van der Waals surface area (Å²) in [4.78, 5) is 11.9. The van der Waals surface area contributed by atoms with E-state index in [1.807, 2.05) is 0 Å². The predicted molar refractivity (Wildman–Crippen MR) is 117 cm³/mol. The third-order valence-electron chi connectivity index (χ3n) is 5.10. The molecule has 0 saturated heterocycles. The third-order valence-corrected chi connectivity index (χ3v) is 6.68. The van der Waals surface area contributed by atoms with E-state index in [1.54, 1.807) is 43.8 Å². The van der Waals surface area contributed by atoms with Crippen molar-refractivity contribution < 1.29 is 17.9 Å². The van der Waals surface area contributed by atoms with Crippen molar-refractivity contribution in [3.8, 4) is 11.3 Å². The first-order valence-corrected chi connectivity index (χ1v) is 12.0. The van der Waals surface area contributed by atoms with Gasteiger partial charge >= 0.3 is 6.09 Å². The number of nitrogens with two attached hydrogens (primary N) is 1. The lowest BCUT2D eigenvalue weighted by atomic mass is 9.92. The average Bonchev–Trinajstić information content (AvgIpc) is 3.18. The Balaban J connectivity index is 1.93. The second kappa shape index (κ2) is 9.75. The maximum Gasteiger partial charge on any atom is 0.411 e. The van der Waals surface area contributed by atoms with Crippen LogP contribution in [0.1, 0.15) is 52.5 Å². The number of rotatable bonds is 7. The van der Waals surface area contributed by atoms with Crippen LogP contribution in [0.3, 0.4) is 0 Å². The Labute approximate surface area is 182 Å². The molecule has 2 aromatic rings. The molecule has 11 heteroatoms. The summed E-state index contributed by atoms with van der Waals surface area (Å²) in [6.45, 7) is 5.38. The van der Waals surface area contributed by atoms with Gasteiger partial charge in [0.1, 0.15) is 5.69 Å². The van der Waals surface area contributed by atoms with E-state index < -0.39 is 16.1 Å². The third kappa shape index (κ3) is 5.81. The molecule has 3 rings (SSSR count). The predicted octanol–water partition coefficient (Wildman–Crippen LogP) is 2.64. The minimum absolute atomic E-state index is 0.00872. The molecule has 1 aromatic heterocycles. The van der Waals surface area contributed by atoms with Crippen LogP contribution in [0.4, 0.5) is 10.5 Å². The van der Waals surface area contributed by atoms with Crippen LogP contribution >= 0.6 is 0 Å². The molecule has 0 atom stereocenters. The van der Waals surface area contributed by atoms with Crippen molar-refractivity contribution in [2.24, 2.45) is 5.73 Å². The van der Waals surface area contributed by atoms with Crippen LogP contribution < -0.4 is 15.8 Å². The molecular weight excluding hydrogens is 420 g/mol. The number of sulfonamides is 1. The lowest BCUT2D eigenvalue weighted by molar-refractivity contribution is 0.130. The van der Waals surface area contributed by atoms with Crippen LogP contribution in [0, 0.1) is 0 Å². The van der Waals surface area contributed by atoms with E-state index in [4.69, 9.17) is 10.5 Å². The highest BCUT2D eigenvalue weighted by Gasteiger charge is 2.24. The maximum absolute atomic E-state index is 12.9. The van der Waals surface area contributed by atoms with E-state index in [0.717, 1.165) is 25.7 Å². The van der Waals surface area contributed by atoms with Gasteiger partial charge < -0.3 is 10.5 Å². The molecule has 1 aliphatic rings. The molecule has 0 radical (unpaired) electrons. The Bertz CT molecular complexity index is 1010. The van der Waals surface area contributed by atoms with Gasteiger partial charge in [0.05, 0.1) is 23.2 Å². The fourth-order valence-electron chi connectivity index (χ4n) is 3.61. The number of aromatic nitrogens is 3. The topological polar surface area (TPSA) is 141 Å². The van der Waals surface area contributed by atoms with Crippen LogP contribution in [0.2, 0.25) is 0 Å². The quantitative estimate of drug-likeness (QED) is 0.589. The van der Waals surface area contributed by atoms with E-state index in [1.165, 1.54) is 6.07 Å². The van der Waals surface area contributed by atoms with Gasteiger partial charge in [-0.3, -0.25) is 5.32 Å². The van der Waals surface area contributed by atoms with E-state index in [-0.39, 0.29) is 29.6 Å². The van der Waals surface area contributed by atoms with Gasteiger partial charge in [-0.05, 0) is 57.7 Å². The zero-order valence-electron chi connectivity index (χ0n) is 18.0. The molecule has 0 bridgehead atoms. The van der Waals surface area contributed by atoms with E-state index >= 15 is 0 Å². The Kier molecular flexibility index (Phi) is 7.29. The van der Waals surface area contributed by atoms with Crippen LogP contribution in [0.5, 0.6) is 0 Å². The number of anilines is 1. The Morgan fingerprint density at radius 3 is 2.65 bits per heavy atom. The van der Waals surface area contributed by atoms with E-state index in [9.17, 15) is 13.2 Å². The minimum Gasteiger partial charge on any atom is -0.447 e. The van der Waals surface area contributed by atoms with Crippen LogP contribution in [-0.2, 0) is 14.8 Å². The molecule has 0 spiro atoms.